The van der Waals surface area contributed by atoms with Gasteiger partial charge in [0, 0.05) is 24.2 Å². The van der Waals surface area contributed by atoms with Gasteiger partial charge in [-0.25, -0.2) is 0 Å². The van der Waals surface area contributed by atoms with Gasteiger partial charge >= 0.3 is 0 Å². The predicted molar refractivity (Wildman–Crippen MR) is 74.5 cm³/mol. The zero-order valence-electron chi connectivity index (χ0n) is 11.5. The molecule has 0 bridgehead atoms. The van der Waals surface area contributed by atoms with Crippen LogP contribution in [-0.2, 0) is 0 Å². The van der Waals surface area contributed by atoms with Crippen molar-refractivity contribution in [2.75, 3.05) is 24.6 Å². The van der Waals surface area contributed by atoms with Gasteiger partial charge in [-0.3, -0.25) is 0 Å². The van der Waals surface area contributed by atoms with Gasteiger partial charge in [0.15, 0.2) is 0 Å². The maximum Gasteiger partial charge on any atom is 0.0501 e. The Hall–Kier alpha value is -1.02. The molecule has 1 unspecified atom stereocenters. The van der Waals surface area contributed by atoms with Crippen LogP contribution in [0, 0.1) is 12.3 Å². The highest BCUT2D eigenvalue weighted by Gasteiger charge is 2.24. The molecule has 0 spiro atoms. The van der Waals surface area contributed by atoms with Gasteiger partial charge in [0.1, 0.15) is 0 Å². The summed E-state index contributed by atoms with van der Waals surface area (Å²) in [5.41, 5.74) is 2.52. The fourth-order valence-electron chi connectivity index (χ4n) is 1.94. The molecule has 96 valence electrons. The van der Waals surface area contributed by atoms with Crippen molar-refractivity contribution in [2.45, 2.75) is 34.1 Å². The minimum atomic E-state index is -0.0141. The number of aliphatic hydroxyl groups excluding tert-OH is 1. The zero-order valence-corrected chi connectivity index (χ0v) is 11.5. The SMILES string of the molecule is CCN(CC(C)(CC)CO)c1cccc(C)c1. The minimum absolute atomic E-state index is 0.0141. The molecule has 1 atom stereocenters. The molecule has 0 saturated heterocycles. The highest BCUT2D eigenvalue weighted by molar-refractivity contribution is 5.48. The van der Waals surface area contributed by atoms with Gasteiger partial charge in [0.25, 0.3) is 0 Å². The molecular formula is C15H25NO. The molecule has 2 nitrogen and oxygen atoms in total. The molecule has 17 heavy (non-hydrogen) atoms. The summed E-state index contributed by atoms with van der Waals surface area (Å²) in [6.07, 6.45) is 0.992. The quantitative estimate of drug-likeness (QED) is 0.818. The monoisotopic (exact) mass is 235 g/mol. The Morgan fingerprint density at radius 1 is 1.29 bits per heavy atom. The Morgan fingerprint density at radius 2 is 2.00 bits per heavy atom. The van der Waals surface area contributed by atoms with E-state index in [1.54, 1.807) is 0 Å². The van der Waals surface area contributed by atoms with Crippen LogP contribution >= 0.6 is 0 Å². The number of benzene rings is 1. The second-order valence-electron chi connectivity index (χ2n) is 5.18. The van der Waals surface area contributed by atoms with E-state index in [-0.39, 0.29) is 12.0 Å². The first-order chi connectivity index (χ1) is 8.04. The van der Waals surface area contributed by atoms with Crippen molar-refractivity contribution in [3.8, 4) is 0 Å². The Kier molecular flexibility index (Phi) is 5.01. The minimum Gasteiger partial charge on any atom is -0.396 e. The molecule has 0 saturated carbocycles. The summed E-state index contributed by atoms with van der Waals surface area (Å²) in [6.45, 7) is 10.7. The van der Waals surface area contributed by atoms with E-state index in [2.05, 4.69) is 56.9 Å². The van der Waals surface area contributed by atoms with E-state index < -0.39 is 0 Å². The summed E-state index contributed by atoms with van der Waals surface area (Å²) in [5, 5.41) is 9.50. The Balaban J connectivity index is 2.85. The average Bonchev–Trinajstić information content (AvgIpc) is 2.35. The van der Waals surface area contributed by atoms with E-state index in [0.717, 1.165) is 19.5 Å². The second kappa shape index (κ2) is 6.06. The first-order valence-corrected chi connectivity index (χ1v) is 6.47. The van der Waals surface area contributed by atoms with E-state index in [0.29, 0.717) is 0 Å². The average molecular weight is 235 g/mol. The molecule has 1 rings (SSSR count). The molecule has 1 aromatic rings. The van der Waals surface area contributed by atoms with Gasteiger partial charge in [-0.05, 0) is 38.0 Å². The third-order valence-corrected chi connectivity index (χ3v) is 3.56. The van der Waals surface area contributed by atoms with E-state index in [1.165, 1.54) is 11.3 Å². The summed E-state index contributed by atoms with van der Waals surface area (Å²) in [5.74, 6) is 0. The number of nitrogens with zero attached hydrogens (tertiary/aromatic N) is 1. The molecule has 0 heterocycles. The Bertz CT molecular complexity index is 345. The molecule has 2 heteroatoms. The third-order valence-electron chi connectivity index (χ3n) is 3.56. The van der Waals surface area contributed by atoms with E-state index in [9.17, 15) is 5.11 Å². The number of anilines is 1. The molecule has 0 aliphatic heterocycles. The van der Waals surface area contributed by atoms with Crippen molar-refractivity contribution < 1.29 is 5.11 Å². The van der Waals surface area contributed by atoms with Crippen molar-refractivity contribution in [3.05, 3.63) is 29.8 Å². The molecule has 0 amide bonds. The highest BCUT2D eigenvalue weighted by Crippen LogP contribution is 2.25. The Labute approximate surface area is 105 Å². The lowest BCUT2D eigenvalue weighted by molar-refractivity contribution is 0.143. The fraction of sp³-hybridized carbons (Fsp3) is 0.600. The smallest absolute Gasteiger partial charge is 0.0501 e. The lowest BCUT2D eigenvalue weighted by atomic mass is 9.88. The van der Waals surface area contributed by atoms with Crippen LogP contribution in [0.4, 0.5) is 5.69 Å². The normalized spacial score (nSPS) is 14.4. The van der Waals surface area contributed by atoms with Crippen molar-refractivity contribution in [1.82, 2.24) is 0 Å². The summed E-state index contributed by atoms with van der Waals surface area (Å²) in [7, 11) is 0. The van der Waals surface area contributed by atoms with Crippen LogP contribution in [0.3, 0.4) is 0 Å². The second-order valence-corrected chi connectivity index (χ2v) is 5.18. The zero-order chi connectivity index (χ0) is 12.9. The van der Waals surface area contributed by atoms with E-state index >= 15 is 0 Å². The fourth-order valence-corrected chi connectivity index (χ4v) is 1.94. The van der Waals surface area contributed by atoms with Gasteiger partial charge in [-0.1, -0.05) is 26.0 Å². The summed E-state index contributed by atoms with van der Waals surface area (Å²) < 4.78 is 0. The summed E-state index contributed by atoms with van der Waals surface area (Å²) >= 11 is 0. The number of rotatable bonds is 6. The molecular weight excluding hydrogens is 210 g/mol. The van der Waals surface area contributed by atoms with Crippen LogP contribution in [0.1, 0.15) is 32.8 Å². The van der Waals surface area contributed by atoms with Crippen LogP contribution in [0.2, 0.25) is 0 Å². The van der Waals surface area contributed by atoms with Crippen LogP contribution in [0.25, 0.3) is 0 Å². The predicted octanol–water partition coefficient (Wildman–Crippen LogP) is 3.23. The van der Waals surface area contributed by atoms with E-state index in [1.807, 2.05) is 0 Å². The molecule has 0 aromatic heterocycles. The summed E-state index contributed by atoms with van der Waals surface area (Å²) in [6, 6.07) is 8.55. The standard InChI is InChI=1S/C15H25NO/c1-5-15(4,12-17)11-16(6-2)14-9-7-8-13(3)10-14/h7-10,17H,5-6,11-12H2,1-4H3. The van der Waals surface area contributed by atoms with Crippen LogP contribution in [0.5, 0.6) is 0 Å². The lowest BCUT2D eigenvalue weighted by Gasteiger charge is -2.34. The lowest BCUT2D eigenvalue weighted by Crippen LogP contribution is -2.38. The molecule has 0 aliphatic rings. The van der Waals surface area contributed by atoms with Crippen molar-refractivity contribution in [3.63, 3.8) is 0 Å². The van der Waals surface area contributed by atoms with Crippen molar-refractivity contribution >= 4 is 5.69 Å². The van der Waals surface area contributed by atoms with Gasteiger partial charge < -0.3 is 10.0 Å². The maximum absolute atomic E-state index is 9.50. The summed E-state index contributed by atoms with van der Waals surface area (Å²) in [4.78, 5) is 2.34. The molecule has 0 aliphatic carbocycles. The first-order valence-electron chi connectivity index (χ1n) is 6.47. The number of aliphatic hydroxyl groups is 1. The van der Waals surface area contributed by atoms with Crippen LogP contribution in [0.15, 0.2) is 24.3 Å². The van der Waals surface area contributed by atoms with Crippen LogP contribution in [-0.4, -0.2) is 24.8 Å². The molecule has 1 N–H and O–H groups in total. The van der Waals surface area contributed by atoms with Gasteiger partial charge in [0.2, 0.25) is 0 Å². The highest BCUT2D eigenvalue weighted by atomic mass is 16.3. The first kappa shape index (κ1) is 14.0. The topological polar surface area (TPSA) is 23.5 Å². The molecule has 0 radical (unpaired) electrons. The Morgan fingerprint density at radius 3 is 2.47 bits per heavy atom. The maximum atomic E-state index is 9.50. The van der Waals surface area contributed by atoms with Crippen LogP contribution < -0.4 is 4.90 Å². The third kappa shape index (κ3) is 3.74. The molecule has 1 aromatic carbocycles. The van der Waals surface area contributed by atoms with Gasteiger partial charge in [-0.15, -0.1) is 0 Å². The number of hydrogen-bond acceptors (Lipinski definition) is 2. The van der Waals surface area contributed by atoms with Crippen molar-refractivity contribution in [2.24, 2.45) is 5.41 Å². The largest absolute Gasteiger partial charge is 0.396 e. The van der Waals surface area contributed by atoms with E-state index in [4.69, 9.17) is 0 Å². The number of hydrogen-bond donors (Lipinski definition) is 1. The van der Waals surface area contributed by atoms with Crippen molar-refractivity contribution in [1.29, 1.82) is 0 Å². The van der Waals surface area contributed by atoms with Gasteiger partial charge in [-0.2, -0.15) is 0 Å². The number of aryl methyl sites for hydroxylation is 1. The van der Waals surface area contributed by atoms with Gasteiger partial charge in [0.05, 0.1) is 6.61 Å². The molecule has 0 fully saturated rings.